The molecule has 1 aliphatic heterocycles. The number of methoxy groups -OCH3 is 1. The third-order valence-electron chi connectivity index (χ3n) is 5.72. The van der Waals surface area contributed by atoms with Crippen LogP contribution in [-0.2, 0) is 27.4 Å². The zero-order valence-electron chi connectivity index (χ0n) is 17.4. The average Bonchev–Trinajstić information content (AvgIpc) is 3.58. The number of carbonyl (C=O) groups excluding carboxylic acids is 2. The van der Waals surface area contributed by atoms with E-state index in [1.165, 1.54) is 12.5 Å². The van der Waals surface area contributed by atoms with Gasteiger partial charge >= 0.3 is 6.09 Å². The van der Waals surface area contributed by atoms with Crippen LogP contribution in [0.5, 0.6) is 0 Å². The zero-order chi connectivity index (χ0) is 20.9. The summed E-state index contributed by atoms with van der Waals surface area (Å²) in [5, 5.41) is 7.14. The number of fused-ring (bicyclic) bond motifs is 1. The molecule has 4 rings (SSSR count). The van der Waals surface area contributed by atoms with E-state index >= 15 is 0 Å². The Morgan fingerprint density at radius 1 is 1.33 bits per heavy atom. The van der Waals surface area contributed by atoms with Gasteiger partial charge in [-0.15, -0.1) is 0 Å². The van der Waals surface area contributed by atoms with E-state index in [1.54, 1.807) is 0 Å². The topological polar surface area (TPSA) is 84.8 Å². The lowest BCUT2D eigenvalue weighted by Crippen LogP contribution is -2.49. The van der Waals surface area contributed by atoms with E-state index in [0.29, 0.717) is 32.3 Å². The van der Waals surface area contributed by atoms with Gasteiger partial charge in [0, 0.05) is 55.9 Å². The predicted molar refractivity (Wildman–Crippen MR) is 113 cm³/mol. The molecule has 1 aromatic carbocycles. The number of nitrogens with one attached hydrogen (secondary N) is 2. The van der Waals surface area contributed by atoms with Gasteiger partial charge in [0.2, 0.25) is 0 Å². The molecule has 2 aromatic rings. The van der Waals surface area contributed by atoms with Gasteiger partial charge in [-0.25, -0.2) is 4.79 Å². The molecule has 2 fully saturated rings. The number of hydrogen-bond donors (Lipinski definition) is 2. The zero-order valence-corrected chi connectivity index (χ0v) is 17.4. The van der Waals surface area contributed by atoms with E-state index in [-0.39, 0.29) is 5.91 Å². The Balaban J connectivity index is 1.48. The Bertz CT molecular complexity index is 886. The number of ether oxygens (including phenoxy) is 2. The number of nitrogens with zero attached hydrogens (tertiary/aromatic N) is 2. The van der Waals surface area contributed by atoms with Crippen LogP contribution < -0.4 is 10.6 Å². The van der Waals surface area contributed by atoms with Crippen molar-refractivity contribution in [1.29, 1.82) is 0 Å². The van der Waals surface area contributed by atoms with Crippen molar-refractivity contribution in [3.05, 3.63) is 36.0 Å². The maximum absolute atomic E-state index is 13.1. The number of morpholine rings is 1. The number of para-hydroxylation sites is 1. The Hall–Kier alpha value is -2.58. The van der Waals surface area contributed by atoms with Crippen LogP contribution in [0.4, 0.5) is 4.79 Å². The van der Waals surface area contributed by atoms with E-state index in [1.807, 2.05) is 17.0 Å². The van der Waals surface area contributed by atoms with Gasteiger partial charge in [0.25, 0.3) is 5.91 Å². The highest BCUT2D eigenvalue weighted by atomic mass is 16.5. The minimum atomic E-state index is -0.411. The standard InChI is InChI=1S/C22H30N4O4/c1-29-22(28)24-9-4-11-25-14-16(18-5-2-3-6-19(18)25)15-26(17-7-8-17)21(27)20-13-23-10-12-30-20/h2-3,5-6,14,17,20,23H,4,7-13,15H2,1H3,(H,24,28)/t20-/m1/s1. The predicted octanol–water partition coefficient (Wildman–Crippen LogP) is 1.87. The van der Waals surface area contributed by atoms with E-state index in [2.05, 4.69) is 38.3 Å². The lowest BCUT2D eigenvalue weighted by molar-refractivity contribution is -0.146. The van der Waals surface area contributed by atoms with Crippen LogP contribution in [0.25, 0.3) is 10.9 Å². The van der Waals surface area contributed by atoms with Crippen LogP contribution in [-0.4, -0.2) is 67.0 Å². The molecule has 1 aliphatic carbocycles. The summed E-state index contributed by atoms with van der Waals surface area (Å²) in [4.78, 5) is 26.4. The molecule has 1 saturated carbocycles. The van der Waals surface area contributed by atoms with Crippen molar-refractivity contribution in [1.82, 2.24) is 20.1 Å². The molecule has 8 nitrogen and oxygen atoms in total. The van der Waals surface area contributed by atoms with Gasteiger partial charge in [-0.3, -0.25) is 4.79 Å². The Kier molecular flexibility index (Phi) is 6.54. The Morgan fingerprint density at radius 2 is 2.17 bits per heavy atom. The minimum absolute atomic E-state index is 0.0869. The van der Waals surface area contributed by atoms with Gasteiger partial charge in [-0.05, 0) is 30.9 Å². The van der Waals surface area contributed by atoms with Crippen LogP contribution >= 0.6 is 0 Å². The number of rotatable bonds is 8. The van der Waals surface area contributed by atoms with E-state index in [0.717, 1.165) is 43.4 Å². The first-order valence-electron chi connectivity index (χ1n) is 10.7. The summed E-state index contributed by atoms with van der Waals surface area (Å²) in [5.74, 6) is 0.0869. The highest BCUT2D eigenvalue weighted by molar-refractivity contribution is 5.86. The number of carbonyl (C=O) groups is 2. The molecule has 2 heterocycles. The number of hydrogen-bond acceptors (Lipinski definition) is 5. The van der Waals surface area contributed by atoms with Crippen LogP contribution in [0.3, 0.4) is 0 Å². The molecule has 0 unspecified atom stereocenters. The highest BCUT2D eigenvalue weighted by Crippen LogP contribution is 2.31. The van der Waals surface area contributed by atoms with Crippen molar-refractivity contribution in [2.45, 2.75) is 44.5 Å². The van der Waals surface area contributed by atoms with Crippen molar-refractivity contribution < 1.29 is 19.1 Å². The Morgan fingerprint density at radius 3 is 2.90 bits per heavy atom. The number of amides is 2. The monoisotopic (exact) mass is 414 g/mol. The summed E-state index contributed by atoms with van der Waals surface area (Å²) in [6, 6.07) is 8.59. The quantitative estimate of drug-likeness (QED) is 0.644. The fraction of sp³-hybridized carbons (Fsp3) is 0.545. The van der Waals surface area contributed by atoms with Crippen molar-refractivity contribution in [3.8, 4) is 0 Å². The van der Waals surface area contributed by atoms with E-state index < -0.39 is 12.2 Å². The van der Waals surface area contributed by atoms with Crippen molar-refractivity contribution in [2.24, 2.45) is 0 Å². The van der Waals surface area contributed by atoms with Crippen LogP contribution in [0, 0.1) is 0 Å². The summed E-state index contributed by atoms with van der Waals surface area (Å²) in [6.45, 7) is 3.87. The third-order valence-corrected chi connectivity index (χ3v) is 5.72. The van der Waals surface area contributed by atoms with Gasteiger partial charge in [-0.2, -0.15) is 0 Å². The van der Waals surface area contributed by atoms with E-state index in [9.17, 15) is 9.59 Å². The average molecular weight is 415 g/mol. The van der Waals surface area contributed by atoms with Gasteiger partial charge in [0.15, 0.2) is 0 Å². The van der Waals surface area contributed by atoms with Crippen molar-refractivity contribution in [3.63, 3.8) is 0 Å². The second kappa shape index (κ2) is 9.49. The highest BCUT2D eigenvalue weighted by Gasteiger charge is 2.37. The Labute approximate surface area is 176 Å². The molecule has 2 N–H and O–H groups in total. The second-order valence-electron chi connectivity index (χ2n) is 7.90. The molecule has 162 valence electrons. The SMILES string of the molecule is COC(=O)NCCCn1cc(CN(C(=O)[C@H]2CNCCO2)C2CC2)c2ccccc21. The summed E-state index contributed by atoms with van der Waals surface area (Å²) in [5.41, 5.74) is 2.29. The molecule has 30 heavy (non-hydrogen) atoms. The minimum Gasteiger partial charge on any atom is -0.453 e. The smallest absolute Gasteiger partial charge is 0.406 e. The number of aromatic nitrogens is 1. The summed E-state index contributed by atoms with van der Waals surface area (Å²) >= 11 is 0. The van der Waals surface area contributed by atoms with Crippen molar-refractivity contribution in [2.75, 3.05) is 33.4 Å². The van der Waals surface area contributed by atoms with Crippen molar-refractivity contribution >= 4 is 22.9 Å². The van der Waals surface area contributed by atoms with Gasteiger partial charge in [0.05, 0.1) is 13.7 Å². The van der Waals surface area contributed by atoms with Gasteiger partial charge in [-0.1, -0.05) is 18.2 Å². The maximum Gasteiger partial charge on any atom is 0.406 e. The van der Waals surface area contributed by atoms with Crippen LogP contribution in [0.1, 0.15) is 24.8 Å². The van der Waals surface area contributed by atoms with Crippen LogP contribution in [0.2, 0.25) is 0 Å². The molecule has 1 atom stereocenters. The number of alkyl carbamates (subject to hydrolysis) is 1. The molecule has 2 aliphatic rings. The molecule has 1 aromatic heterocycles. The normalized spacial score (nSPS) is 18.9. The fourth-order valence-electron chi connectivity index (χ4n) is 4.01. The number of aryl methyl sites for hydroxylation is 1. The fourth-order valence-corrected chi connectivity index (χ4v) is 4.01. The van der Waals surface area contributed by atoms with Crippen LogP contribution in [0.15, 0.2) is 30.5 Å². The lowest BCUT2D eigenvalue weighted by atomic mass is 10.1. The third kappa shape index (κ3) is 4.76. The molecule has 2 amide bonds. The molecule has 8 heteroatoms. The van der Waals surface area contributed by atoms with E-state index in [4.69, 9.17) is 4.74 Å². The van der Waals surface area contributed by atoms with Gasteiger partial charge < -0.3 is 29.6 Å². The summed E-state index contributed by atoms with van der Waals surface area (Å²) in [6.07, 6.45) is 4.25. The lowest BCUT2D eigenvalue weighted by Gasteiger charge is -2.30. The molecule has 0 radical (unpaired) electrons. The number of benzene rings is 1. The molecule has 0 spiro atoms. The maximum atomic E-state index is 13.1. The molecular formula is C22H30N4O4. The molecule has 1 saturated heterocycles. The second-order valence-corrected chi connectivity index (χ2v) is 7.90. The van der Waals surface area contributed by atoms with Gasteiger partial charge in [0.1, 0.15) is 6.10 Å². The largest absolute Gasteiger partial charge is 0.453 e. The first-order valence-corrected chi connectivity index (χ1v) is 10.7. The summed E-state index contributed by atoms with van der Waals surface area (Å²) < 4.78 is 12.5. The first-order chi connectivity index (χ1) is 14.7. The molecule has 0 bridgehead atoms. The molecular weight excluding hydrogens is 384 g/mol. The summed E-state index contributed by atoms with van der Waals surface area (Å²) in [7, 11) is 1.36. The first kappa shape index (κ1) is 20.7.